The van der Waals surface area contributed by atoms with Gasteiger partial charge in [0.25, 0.3) is 0 Å². The number of aryl methyl sites for hydroxylation is 6. The molecule has 0 unspecified atom stereocenters. The second kappa shape index (κ2) is 8.75. The van der Waals surface area contributed by atoms with Crippen LogP contribution in [0.25, 0.3) is 44.2 Å². The largest absolute Gasteiger partial charge is 0.355 e. The van der Waals surface area contributed by atoms with Crippen LogP contribution in [0.5, 0.6) is 0 Å². The van der Waals surface area contributed by atoms with Crippen molar-refractivity contribution in [3.05, 3.63) is 63.0 Å². The zero-order valence-corrected chi connectivity index (χ0v) is 22.5. The Balaban J connectivity index is 2.07. The van der Waals surface area contributed by atoms with Gasteiger partial charge in [0.2, 0.25) is 0 Å². The van der Waals surface area contributed by atoms with Gasteiger partial charge in [-0.1, -0.05) is 27.7 Å². The fourth-order valence-electron chi connectivity index (χ4n) is 6.06. The first kappa shape index (κ1) is 23.5. The maximum Gasteiger partial charge on any atom is 0.0910 e. The van der Waals surface area contributed by atoms with Crippen LogP contribution in [0, 0.1) is 20.8 Å². The lowest BCUT2D eigenvalue weighted by Crippen LogP contribution is -1.87. The zero-order chi connectivity index (χ0) is 25.0. The van der Waals surface area contributed by atoms with Crippen LogP contribution < -0.4 is 0 Å². The number of hydrogen-bond acceptors (Lipinski definition) is 1. The van der Waals surface area contributed by atoms with Crippen LogP contribution in [0.4, 0.5) is 0 Å². The molecule has 0 radical (unpaired) electrons. The molecule has 4 aromatic heterocycles. The molecule has 0 fully saturated rings. The molecule has 182 valence electrons. The molecule has 5 heterocycles. The van der Waals surface area contributed by atoms with E-state index in [0.717, 1.165) is 42.6 Å². The van der Waals surface area contributed by atoms with Gasteiger partial charge >= 0.3 is 0 Å². The molecular formula is C31H38N4. The van der Waals surface area contributed by atoms with Crippen LogP contribution in [-0.2, 0) is 19.3 Å². The summed E-state index contributed by atoms with van der Waals surface area (Å²) >= 11 is 0. The molecule has 1 aliphatic rings. The summed E-state index contributed by atoms with van der Waals surface area (Å²) in [5.74, 6) is 0. The summed E-state index contributed by atoms with van der Waals surface area (Å²) in [4.78, 5) is 16.5. The summed E-state index contributed by atoms with van der Waals surface area (Å²) in [6.07, 6.45) is 3.92. The lowest BCUT2D eigenvalue weighted by molar-refractivity contribution is 1.13. The van der Waals surface area contributed by atoms with Crippen molar-refractivity contribution >= 4 is 44.2 Å². The van der Waals surface area contributed by atoms with Crippen molar-refractivity contribution in [3.63, 3.8) is 0 Å². The molecule has 4 nitrogen and oxygen atoms in total. The Kier molecular flexibility index (Phi) is 5.86. The van der Waals surface area contributed by atoms with Gasteiger partial charge in [0.05, 0.1) is 16.9 Å². The summed E-state index contributed by atoms with van der Waals surface area (Å²) in [5.41, 5.74) is 19.9. The smallest absolute Gasteiger partial charge is 0.0910 e. The summed E-state index contributed by atoms with van der Waals surface area (Å²) < 4.78 is 0. The lowest BCUT2D eigenvalue weighted by atomic mass is 10.0. The predicted octanol–water partition coefficient (Wildman–Crippen LogP) is 8.48. The number of nitrogens with zero attached hydrogens (tertiary/aromatic N) is 1. The average Bonchev–Trinajstić information content (AvgIpc) is 3.51. The molecule has 0 aliphatic carbocycles. The summed E-state index contributed by atoms with van der Waals surface area (Å²) in [5, 5.41) is 0. The van der Waals surface area contributed by atoms with Gasteiger partial charge in [-0.25, -0.2) is 4.98 Å². The highest BCUT2D eigenvalue weighted by atomic mass is 14.8. The van der Waals surface area contributed by atoms with Crippen molar-refractivity contribution in [2.75, 3.05) is 0 Å². The van der Waals surface area contributed by atoms with E-state index in [4.69, 9.17) is 4.98 Å². The van der Waals surface area contributed by atoms with Crippen LogP contribution >= 0.6 is 0 Å². The van der Waals surface area contributed by atoms with E-state index in [1.807, 2.05) is 0 Å². The van der Waals surface area contributed by atoms with Gasteiger partial charge in [-0.3, -0.25) is 0 Å². The van der Waals surface area contributed by atoms with Crippen molar-refractivity contribution in [2.24, 2.45) is 0 Å². The fraction of sp³-hybridized carbons (Fsp3) is 0.387. The van der Waals surface area contributed by atoms with E-state index in [9.17, 15) is 0 Å². The van der Waals surface area contributed by atoms with Crippen molar-refractivity contribution in [3.8, 4) is 0 Å². The highest BCUT2D eigenvalue weighted by Crippen LogP contribution is 2.37. The van der Waals surface area contributed by atoms with Gasteiger partial charge in [-0.15, -0.1) is 0 Å². The predicted molar refractivity (Wildman–Crippen MR) is 151 cm³/mol. The molecular weight excluding hydrogens is 428 g/mol. The number of nitrogens with one attached hydrogen (secondary N) is 3. The van der Waals surface area contributed by atoms with Crippen molar-refractivity contribution in [2.45, 2.75) is 81.1 Å². The Morgan fingerprint density at radius 1 is 0.571 bits per heavy atom. The van der Waals surface area contributed by atoms with Crippen molar-refractivity contribution in [1.82, 2.24) is 19.9 Å². The standard InChI is InChI=1S/C31H38N4/c1-9-20-16(5)24-13-26-18(7)22(11-3)30(34-26)31-23(12-4)19(8)27(35-31)14-25-17(6)21(10-2)29(33-25)15-28(20)32-24/h13-15,32-34H,9-12H2,1-8H3. The normalized spacial score (nSPS) is 12.9. The molecule has 0 aromatic carbocycles. The molecule has 3 N–H and O–H groups in total. The summed E-state index contributed by atoms with van der Waals surface area (Å²) in [6.45, 7) is 17.9. The Hall–Kier alpha value is -3.27. The van der Waals surface area contributed by atoms with E-state index >= 15 is 0 Å². The Labute approximate surface area is 208 Å². The molecule has 5 rings (SSSR count). The number of hydrogen-bond donors (Lipinski definition) is 3. The molecule has 0 spiro atoms. The first-order chi connectivity index (χ1) is 16.8. The number of aromatic amines is 3. The van der Waals surface area contributed by atoms with E-state index in [-0.39, 0.29) is 0 Å². The molecule has 0 saturated carbocycles. The maximum absolute atomic E-state index is 5.24. The average molecular weight is 467 g/mol. The number of rotatable bonds is 4. The van der Waals surface area contributed by atoms with Gasteiger partial charge in [-0.05, 0) is 116 Å². The molecule has 4 aromatic rings. The van der Waals surface area contributed by atoms with Gasteiger partial charge in [-0.2, -0.15) is 0 Å². The van der Waals surface area contributed by atoms with E-state index < -0.39 is 0 Å². The Morgan fingerprint density at radius 2 is 1.06 bits per heavy atom. The van der Waals surface area contributed by atoms with Gasteiger partial charge in [0.1, 0.15) is 0 Å². The molecule has 0 atom stereocenters. The third-order valence-corrected chi connectivity index (χ3v) is 8.18. The van der Waals surface area contributed by atoms with Crippen molar-refractivity contribution in [1.29, 1.82) is 0 Å². The van der Waals surface area contributed by atoms with Gasteiger partial charge in [0.15, 0.2) is 0 Å². The molecule has 1 aliphatic heterocycles. The third-order valence-electron chi connectivity index (χ3n) is 8.18. The van der Waals surface area contributed by atoms with Crippen LogP contribution in [0.2, 0.25) is 0 Å². The van der Waals surface area contributed by atoms with Gasteiger partial charge < -0.3 is 15.0 Å². The highest BCUT2D eigenvalue weighted by Gasteiger charge is 2.21. The number of allylic oxidation sites excluding steroid dienone is 2. The second-order valence-electron chi connectivity index (χ2n) is 9.93. The summed E-state index contributed by atoms with van der Waals surface area (Å²) in [6, 6.07) is 6.86. The molecule has 8 bridgehead atoms. The van der Waals surface area contributed by atoms with E-state index in [1.165, 1.54) is 72.1 Å². The van der Waals surface area contributed by atoms with Crippen LogP contribution in [0.15, 0.2) is 18.2 Å². The minimum absolute atomic E-state index is 0.962. The number of aromatic nitrogens is 4. The van der Waals surface area contributed by atoms with Crippen molar-refractivity contribution < 1.29 is 0 Å². The second-order valence-corrected chi connectivity index (χ2v) is 9.93. The van der Waals surface area contributed by atoms with E-state index in [0.29, 0.717) is 0 Å². The number of fused-ring (bicyclic) bond motifs is 9. The first-order valence-corrected chi connectivity index (χ1v) is 13.2. The van der Waals surface area contributed by atoms with E-state index in [1.54, 1.807) is 0 Å². The van der Waals surface area contributed by atoms with Gasteiger partial charge in [0, 0.05) is 27.6 Å². The topological polar surface area (TPSA) is 60.3 Å². The quantitative estimate of drug-likeness (QED) is 0.277. The van der Waals surface area contributed by atoms with Crippen LogP contribution in [0.1, 0.15) is 85.8 Å². The molecule has 0 amide bonds. The minimum Gasteiger partial charge on any atom is -0.355 e. The Bertz CT molecular complexity index is 1620. The fourth-order valence-corrected chi connectivity index (χ4v) is 6.06. The molecule has 4 heteroatoms. The number of H-pyrrole nitrogens is 3. The zero-order valence-electron chi connectivity index (χ0n) is 22.5. The summed E-state index contributed by atoms with van der Waals surface area (Å²) in [7, 11) is 0. The molecule has 0 saturated heterocycles. The Morgan fingerprint density at radius 3 is 1.60 bits per heavy atom. The third kappa shape index (κ3) is 3.53. The lowest BCUT2D eigenvalue weighted by Gasteiger charge is -2.02. The first-order valence-electron chi connectivity index (χ1n) is 13.2. The van der Waals surface area contributed by atoms with E-state index in [2.05, 4.69) is 88.5 Å². The monoisotopic (exact) mass is 466 g/mol. The van der Waals surface area contributed by atoms with Crippen LogP contribution in [0.3, 0.4) is 0 Å². The minimum atomic E-state index is 0.962. The van der Waals surface area contributed by atoms with Crippen LogP contribution in [-0.4, -0.2) is 19.9 Å². The highest BCUT2D eigenvalue weighted by molar-refractivity contribution is 5.97. The maximum atomic E-state index is 5.24. The SMILES string of the molecule is CCC1=C(C)c2cc3[nH]c(cc4[nH]c(cc5[nH]c(c1n2)c(CC)c5C)c(C)c4CC)c(CC)c3C. The molecule has 35 heavy (non-hydrogen) atoms.